The molecule has 1 saturated heterocycles. The quantitative estimate of drug-likeness (QED) is 0.602. The zero-order valence-electron chi connectivity index (χ0n) is 13.6. The molecule has 2 fully saturated rings. The van der Waals surface area contributed by atoms with Gasteiger partial charge in [0.15, 0.2) is 9.84 Å². The molecule has 0 unspecified atom stereocenters. The van der Waals surface area contributed by atoms with Crippen molar-refractivity contribution in [2.24, 2.45) is 5.41 Å². The average molecular weight is 317 g/mol. The molecule has 5 heteroatoms. The van der Waals surface area contributed by atoms with Crippen LogP contribution in [-0.4, -0.2) is 57.5 Å². The minimum absolute atomic E-state index is 0.353. The molecule has 21 heavy (non-hydrogen) atoms. The standard InChI is InChI=1S/C16H32N2O2S/c1-2-9-17-14-16(7-5-3-4-6-8-16)15-18-10-12-21(19,20)13-11-18/h17H,2-15H2,1H3. The molecular weight excluding hydrogens is 284 g/mol. The molecule has 1 saturated carbocycles. The molecule has 1 N–H and O–H groups in total. The maximum Gasteiger partial charge on any atom is 0.152 e. The van der Waals surface area contributed by atoms with Gasteiger partial charge in [-0.3, -0.25) is 0 Å². The molecular formula is C16H32N2O2S. The molecule has 1 aliphatic carbocycles. The van der Waals surface area contributed by atoms with Crippen LogP contribution in [0.15, 0.2) is 0 Å². The minimum atomic E-state index is -2.76. The number of nitrogens with one attached hydrogen (secondary N) is 1. The van der Waals surface area contributed by atoms with E-state index in [-0.39, 0.29) is 0 Å². The first-order valence-corrected chi connectivity index (χ1v) is 10.5. The number of rotatable bonds is 6. The maximum atomic E-state index is 11.6. The topological polar surface area (TPSA) is 49.4 Å². The zero-order chi connectivity index (χ0) is 15.2. The Hall–Kier alpha value is -0.130. The van der Waals surface area contributed by atoms with E-state index in [1.807, 2.05) is 0 Å². The van der Waals surface area contributed by atoms with Crippen molar-refractivity contribution < 1.29 is 8.42 Å². The lowest BCUT2D eigenvalue weighted by atomic mass is 9.79. The number of hydrogen-bond donors (Lipinski definition) is 1. The van der Waals surface area contributed by atoms with Gasteiger partial charge in [0.2, 0.25) is 0 Å². The van der Waals surface area contributed by atoms with Crippen LogP contribution in [0.3, 0.4) is 0 Å². The van der Waals surface area contributed by atoms with Gasteiger partial charge in [-0.15, -0.1) is 0 Å². The Bertz CT molecular complexity index is 387. The van der Waals surface area contributed by atoms with Crippen molar-refractivity contribution >= 4 is 9.84 Å². The highest BCUT2D eigenvalue weighted by atomic mass is 32.2. The van der Waals surface area contributed by atoms with Gasteiger partial charge in [0.05, 0.1) is 11.5 Å². The van der Waals surface area contributed by atoms with Crippen LogP contribution in [0.4, 0.5) is 0 Å². The molecule has 0 bridgehead atoms. The summed E-state index contributed by atoms with van der Waals surface area (Å²) in [6.45, 7) is 6.96. The van der Waals surface area contributed by atoms with Gasteiger partial charge in [-0.05, 0) is 31.2 Å². The number of hydrogen-bond acceptors (Lipinski definition) is 4. The van der Waals surface area contributed by atoms with E-state index in [1.165, 1.54) is 44.9 Å². The van der Waals surface area contributed by atoms with Gasteiger partial charge >= 0.3 is 0 Å². The minimum Gasteiger partial charge on any atom is -0.316 e. The lowest BCUT2D eigenvalue weighted by Crippen LogP contribution is -2.49. The fourth-order valence-electron chi connectivity index (χ4n) is 3.78. The summed E-state index contributed by atoms with van der Waals surface area (Å²) in [5.41, 5.74) is 0.368. The molecule has 0 aromatic carbocycles. The van der Waals surface area contributed by atoms with E-state index in [9.17, 15) is 8.42 Å². The van der Waals surface area contributed by atoms with Gasteiger partial charge in [0.1, 0.15) is 0 Å². The maximum absolute atomic E-state index is 11.6. The van der Waals surface area contributed by atoms with Crippen molar-refractivity contribution in [3.05, 3.63) is 0 Å². The Morgan fingerprint density at radius 3 is 2.24 bits per heavy atom. The molecule has 0 aromatic rings. The Morgan fingerprint density at radius 1 is 1.05 bits per heavy atom. The fraction of sp³-hybridized carbons (Fsp3) is 1.00. The molecule has 0 atom stereocenters. The Morgan fingerprint density at radius 2 is 1.67 bits per heavy atom. The van der Waals surface area contributed by atoms with Crippen LogP contribution in [-0.2, 0) is 9.84 Å². The highest BCUT2D eigenvalue weighted by molar-refractivity contribution is 7.91. The van der Waals surface area contributed by atoms with Gasteiger partial charge in [0.25, 0.3) is 0 Å². The van der Waals surface area contributed by atoms with Gasteiger partial charge in [0, 0.05) is 26.2 Å². The molecule has 2 rings (SSSR count). The van der Waals surface area contributed by atoms with E-state index in [0.29, 0.717) is 16.9 Å². The van der Waals surface area contributed by atoms with Gasteiger partial charge in [-0.2, -0.15) is 0 Å². The predicted molar refractivity (Wildman–Crippen MR) is 88.4 cm³/mol. The Balaban J connectivity index is 1.94. The normalized spacial score (nSPS) is 26.3. The van der Waals surface area contributed by atoms with Crippen molar-refractivity contribution in [1.29, 1.82) is 0 Å². The summed E-state index contributed by atoms with van der Waals surface area (Å²) >= 11 is 0. The van der Waals surface area contributed by atoms with Crippen LogP contribution in [0.25, 0.3) is 0 Å². The highest BCUT2D eigenvalue weighted by Crippen LogP contribution is 2.35. The van der Waals surface area contributed by atoms with Gasteiger partial charge in [-0.1, -0.05) is 32.6 Å². The summed E-state index contributed by atoms with van der Waals surface area (Å²) in [5, 5.41) is 3.63. The second-order valence-electron chi connectivity index (χ2n) is 7.02. The summed E-state index contributed by atoms with van der Waals surface area (Å²) in [6.07, 6.45) is 9.17. The third kappa shape index (κ3) is 5.53. The first kappa shape index (κ1) is 17.2. The van der Waals surface area contributed by atoms with Crippen LogP contribution < -0.4 is 5.32 Å². The van der Waals surface area contributed by atoms with Crippen LogP contribution in [0.5, 0.6) is 0 Å². The average Bonchev–Trinajstić information content (AvgIpc) is 2.68. The van der Waals surface area contributed by atoms with E-state index < -0.39 is 9.84 Å². The third-order valence-corrected chi connectivity index (χ3v) is 6.70. The fourth-order valence-corrected chi connectivity index (χ4v) is 5.06. The zero-order valence-corrected chi connectivity index (χ0v) is 14.4. The summed E-state index contributed by atoms with van der Waals surface area (Å²) in [7, 11) is -2.76. The molecule has 0 amide bonds. The predicted octanol–water partition coefficient (Wildman–Crippen LogP) is 2.06. The molecule has 124 valence electrons. The smallest absolute Gasteiger partial charge is 0.152 e. The van der Waals surface area contributed by atoms with Crippen LogP contribution in [0, 0.1) is 5.41 Å². The van der Waals surface area contributed by atoms with Crippen LogP contribution in [0.1, 0.15) is 51.9 Å². The largest absolute Gasteiger partial charge is 0.316 e. The van der Waals surface area contributed by atoms with Crippen molar-refractivity contribution in [2.75, 3.05) is 44.2 Å². The third-order valence-electron chi connectivity index (χ3n) is 5.09. The van der Waals surface area contributed by atoms with Crippen molar-refractivity contribution in [3.63, 3.8) is 0 Å². The van der Waals surface area contributed by atoms with Gasteiger partial charge < -0.3 is 10.2 Å². The van der Waals surface area contributed by atoms with Crippen LogP contribution >= 0.6 is 0 Å². The first-order valence-electron chi connectivity index (χ1n) is 8.69. The molecule has 2 aliphatic rings. The van der Waals surface area contributed by atoms with E-state index in [1.54, 1.807) is 0 Å². The summed E-state index contributed by atoms with van der Waals surface area (Å²) in [6, 6.07) is 0. The van der Waals surface area contributed by atoms with E-state index in [2.05, 4.69) is 17.1 Å². The molecule has 0 aromatic heterocycles. The number of nitrogens with zero attached hydrogens (tertiary/aromatic N) is 1. The first-order chi connectivity index (χ1) is 10.1. The second-order valence-corrected chi connectivity index (χ2v) is 9.32. The molecule has 0 spiro atoms. The summed E-state index contributed by atoms with van der Waals surface area (Å²) in [5.74, 6) is 0.705. The van der Waals surface area contributed by atoms with E-state index in [4.69, 9.17) is 0 Å². The van der Waals surface area contributed by atoms with Gasteiger partial charge in [-0.25, -0.2) is 8.42 Å². The summed E-state index contributed by atoms with van der Waals surface area (Å²) in [4.78, 5) is 2.40. The van der Waals surface area contributed by atoms with E-state index in [0.717, 1.165) is 32.7 Å². The Kier molecular flexibility index (Phi) is 6.51. The molecule has 1 aliphatic heterocycles. The lowest BCUT2D eigenvalue weighted by Gasteiger charge is -2.39. The molecule has 0 radical (unpaired) electrons. The van der Waals surface area contributed by atoms with E-state index >= 15 is 0 Å². The number of sulfone groups is 1. The van der Waals surface area contributed by atoms with Crippen molar-refractivity contribution in [2.45, 2.75) is 51.9 Å². The van der Waals surface area contributed by atoms with Crippen molar-refractivity contribution in [1.82, 2.24) is 10.2 Å². The summed E-state index contributed by atoms with van der Waals surface area (Å²) < 4.78 is 23.2. The molecule has 1 heterocycles. The Labute approximate surface area is 130 Å². The second kappa shape index (κ2) is 7.93. The highest BCUT2D eigenvalue weighted by Gasteiger charge is 2.34. The monoisotopic (exact) mass is 316 g/mol. The molecule has 4 nitrogen and oxygen atoms in total. The van der Waals surface area contributed by atoms with Crippen LogP contribution in [0.2, 0.25) is 0 Å². The van der Waals surface area contributed by atoms with Crippen molar-refractivity contribution in [3.8, 4) is 0 Å². The lowest BCUT2D eigenvalue weighted by molar-refractivity contribution is 0.133. The SMILES string of the molecule is CCCNCC1(CN2CCS(=O)(=O)CC2)CCCCCC1.